The van der Waals surface area contributed by atoms with Gasteiger partial charge in [-0.05, 0) is 6.42 Å². The van der Waals surface area contributed by atoms with Gasteiger partial charge in [-0.25, -0.2) is 9.59 Å². The van der Waals surface area contributed by atoms with Crippen LogP contribution in [0.25, 0.3) is 0 Å². The lowest BCUT2D eigenvalue weighted by Gasteiger charge is -2.06. The van der Waals surface area contributed by atoms with Crippen LogP contribution >= 0.6 is 0 Å². The van der Waals surface area contributed by atoms with Crippen molar-refractivity contribution in [3.05, 3.63) is 0 Å². The smallest absolute Gasteiger partial charge is 0.265 e. The van der Waals surface area contributed by atoms with E-state index in [0.29, 0.717) is 6.42 Å². The molecule has 0 aromatic heterocycles. The van der Waals surface area contributed by atoms with E-state index in [9.17, 15) is 9.59 Å². The van der Waals surface area contributed by atoms with E-state index in [4.69, 9.17) is 0 Å². The maximum Gasteiger partial charge on any atom is 0.360 e. The van der Waals surface area contributed by atoms with Crippen LogP contribution < -0.4 is 0 Å². The van der Waals surface area contributed by atoms with Gasteiger partial charge in [0.1, 0.15) is 0 Å². The van der Waals surface area contributed by atoms with Crippen LogP contribution in [-0.4, -0.2) is 11.9 Å². The predicted octanol–water partition coefficient (Wildman–Crippen LogP) is 3.01. The number of rotatable bonds is 9. The monoisotopic (exact) mass is 274 g/mol. The number of carbonyl (C=O) groups excluding carboxylic acids is 2. The Morgan fingerprint density at radius 3 is 1.79 bits per heavy atom. The molecular formula is C13H22O6. The fourth-order valence-corrected chi connectivity index (χ4v) is 2.03. The fraction of sp³-hybridized carbons (Fsp3) is 0.846. The molecule has 0 saturated carbocycles. The zero-order valence-electron chi connectivity index (χ0n) is 11.4. The molecule has 1 heterocycles. The average molecular weight is 274 g/mol. The van der Waals surface area contributed by atoms with Crippen LogP contribution in [0.2, 0.25) is 0 Å². The summed E-state index contributed by atoms with van der Waals surface area (Å²) in [5, 5.41) is 7.79. The molecule has 6 nitrogen and oxygen atoms in total. The van der Waals surface area contributed by atoms with E-state index >= 15 is 0 Å². The molecule has 0 N–H and O–H groups in total. The van der Waals surface area contributed by atoms with Gasteiger partial charge in [0.15, 0.2) is 5.92 Å². The first-order chi connectivity index (χ1) is 9.25. The summed E-state index contributed by atoms with van der Waals surface area (Å²) >= 11 is 0. The second kappa shape index (κ2) is 9.75. The van der Waals surface area contributed by atoms with Crippen molar-refractivity contribution in [2.45, 2.75) is 64.7 Å². The van der Waals surface area contributed by atoms with Crippen molar-refractivity contribution in [2.24, 2.45) is 5.92 Å². The highest BCUT2D eigenvalue weighted by molar-refractivity contribution is 5.94. The predicted molar refractivity (Wildman–Crippen MR) is 65.1 cm³/mol. The van der Waals surface area contributed by atoms with Crippen molar-refractivity contribution >= 4 is 11.9 Å². The molecular weight excluding hydrogens is 252 g/mol. The Hall–Kier alpha value is -1.14. The molecule has 0 radical (unpaired) electrons. The second-order valence-corrected chi connectivity index (χ2v) is 4.76. The third-order valence-electron chi connectivity index (χ3n) is 3.18. The fourth-order valence-electron chi connectivity index (χ4n) is 2.03. The summed E-state index contributed by atoms with van der Waals surface area (Å²) in [5.74, 6) is -2.46. The minimum Gasteiger partial charge on any atom is -0.265 e. The lowest BCUT2D eigenvalue weighted by atomic mass is 10.00. The Kier molecular flexibility index (Phi) is 8.16. The van der Waals surface area contributed by atoms with Crippen molar-refractivity contribution in [3.8, 4) is 0 Å². The Morgan fingerprint density at radius 1 is 0.789 bits per heavy atom. The van der Waals surface area contributed by atoms with Crippen LogP contribution in [0, 0.1) is 5.92 Å². The molecule has 0 unspecified atom stereocenters. The van der Waals surface area contributed by atoms with Crippen LogP contribution in [0.1, 0.15) is 64.7 Å². The second-order valence-electron chi connectivity index (χ2n) is 4.76. The third-order valence-corrected chi connectivity index (χ3v) is 3.18. The highest BCUT2D eigenvalue weighted by atomic mass is 17.7. The molecule has 1 aliphatic heterocycles. The first kappa shape index (κ1) is 15.9. The normalized spacial score (nSPS) is 16.9. The van der Waals surface area contributed by atoms with Gasteiger partial charge in [0.05, 0.1) is 0 Å². The highest BCUT2D eigenvalue weighted by Crippen LogP contribution is 2.18. The minimum absolute atomic E-state index is 0.402. The van der Waals surface area contributed by atoms with Gasteiger partial charge in [-0.3, -0.25) is 9.78 Å². The SMILES string of the molecule is CCCCCCCCCCC1C(=O)OOOOC1=O. The van der Waals surface area contributed by atoms with E-state index in [1.807, 2.05) is 0 Å². The Bertz CT molecular complexity index is 260. The molecule has 6 heteroatoms. The number of hydrogen-bond donors (Lipinski definition) is 0. The minimum atomic E-state index is -0.942. The summed E-state index contributed by atoms with van der Waals surface area (Å²) in [6.07, 6.45) is 9.57. The number of unbranched alkanes of at least 4 members (excludes halogenated alkanes) is 7. The van der Waals surface area contributed by atoms with E-state index in [-0.39, 0.29) is 0 Å². The van der Waals surface area contributed by atoms with Gasteiger partial charge < -0.3 is 0 Å². The van der Waals surface area contributed by atoms with Crippen LogP contribution in [0.5, 0.6) is 0 Å². The van der Waals surface area contributed by atoms with E-state index < -0.39 is 17.9 Å². The number of hydrogen-bond acceptors (Lipinski definition) is 6. The molecule has 0 aromatic rings. The van der Waals surface area contributed by atoms with Gasteiger partial charge >= 0.3 is 11.9 Å². The van der Waals surface area contributed by atoms with Crippen molar-refractivity contribution in [1.82, 2.24) is 0 Å². The summed E-state index contributed by atoms with van der Waals surface area (Å²) in [6.45, 7) is 2.19. The van der Waals surface area contributed by atoms with E-state index in [1.54, 1.807) is 0 Å². The molecule has 0 amide bonds. The zero-order chi connectivity index (χ0) is 13.9. The first-order valence-corrected chi connectivity index (χ1v) is 7.01. The largest absolute Gasteiger partial charge is 0.360 e. The van der Waals surface area contributed by atoms with E-state index in [1.165, 1.54) is 32.1 Å². The number of carbonyl (C=O) groups is 2. The van der Waals surface area contributed by atoms with Gasteiger partial charge in [0, 0.05) is 10.1 Å². The maximum absolute atomic E-state index is 11.3. The first-order valence-electron chi connectivity index (χ1n) is 7.01. The summed E-state index contributed by atoms with van der Waals surface area (Å²) < 4.78 is 0. The van der Waals surface area contributed by atoms with Crippen LogP contribution in [-0.2, 0) is 29.4 Å². The average Bonchev–Trinajstić information content (AvgIpc) is 2.56. The molecule has 0 spiro atoms. The Labute approximate surface area is 113 Å². The van der Waals surface area contributed by atoms with E-state index in [0.717, 1.165) is 19.3 Å². The lowest BCUT2D eigenvalue weighted by Crippen LogP contribution is -2.24. The van der Waals surface area contributed by atoms with Crippen molar-refractivity contribution in [2.75, 3.05) is 0 Å². The molecule has 0 atom stereocenters. The molecule has 1 aliphatic rings. The van der Waals surface area contributed by atoms with Crippen LogP contribution in [0.15, 0.2) is 0 Å². The highest BCUT2D eigenvalue weighted by Gasteiger charge is 2.34. The van der Waals surface area contributed by atoms with Crippen molar-refractivity contribution in [3.63, 3.8) is 0 Å². The van der Waals surface area contributed by atoms with Gasteiger partial charge in [-0.2, -0.15) is 0 Å². The van der Waals surface area contributed by atoms with Crippen LogP contribution in [0.3, 0.4) is 0 Å². The topological polar surface area (TPSA) is 71.1 Å². The summed E-state index contributed by atoms with van der Waals surface area (Å²) in [7, 11) is 0. The Morgan fingerprint density at radius 2 is 1.26 bits per heavy atom. The molecule has 0 aromatic carbocycles. The Balaban J connectivity index is 2.07. The van der Waals surface area contributed by atoms with Crippen molar-refractivity contribution < 1.29 is 29.4 Å². The molecule has 1 rings (SSSR count). The summed E-state index contributed by atoms with van der Waals surface area (Å²) in [5.41, 5.74) is 0. The van der Waals surface area contributed by atoms with Gasteiger partial charge in [0.25, 0.3) is 0 Å². The zero-order valence-corrected chi connectivity index (χ0v) is 11.4. The standard InChI is InChI=1S/C13H22O6/c1-2-3-4-5-6-7-8-9-10-11-12(14)16-18-19-17-13(11)15/h11H,2-10H2,1H3. The molecule has 1 saturated heterocycles. The molecule has 19 heavy (non-hydrogen) atoms. The van der Waals surface area contributed by atoms with Gasteiger partial charge in [-0.1, -0.05) is 58.3 Å². The van der Waals surface area contributed by atoms with Crippen molar-refractivity contribution in [1.29, 1.82) is 0 Å². The lowest BCUT2D eigenvalue weighted by molar-refractivity contribution is -0.594. The summed E-state index contributed by atoms with van der Waals surface area (Å²) in [4.78, 5) is 31.1. The molecule has 1 fully saturated rings. The van der Waals surface area contributed by atoms with Crippen LogP contribution in [0.4, 0.5) is 0 Å². The molecule has 110 valence electrons. The molecule has 0 bridgehead atoms. The van der Waals surface area contributed by atoms with Gasteiger partial charge in [-0.15, -0.1) is 0 Å². The van der Waals surface area contributed by atoms with Gasteiger partial charge in [0.2, 0.25) is 0 Å². The van der Waals surface area contributed by atoms with E-state index in [2.05, 4.69) is 26.8 Å². The maximum atomic E-state index is 11.3. The quantitative estimate of drug-likeness (QED) is 0.365. The summed E-state index contributed by atoms with van der Waals surface area (Å²) in [6, 6.07) is 0. The molecule has 0 aliphatic carbocycles. The third kappa shape index (κ3) is 6.54.